The van der Waals surface area contributed by atoms with Gasteiger partial charge in [0.1, 0.15) is 0 Å². The second-order valence-electron chi connectivity index (χ2n) is 4.35. The van der Waals surface area contributed by atoms with Gasteiger partial charge in [-0.1, -0.05) is 0 Å². The van der Waals surface area contributed by atoms with Gasteiger partial charge in [0.05, 0.1) is 5.54 Å². The van der Waals surface area contributed by atoms with E-state index in [0.717, 1.165) is 0 Å². The van der Waals surface area contributed by atoms with E-state index in [-0.39, 0.29) is 17.7 Å². The van der Waals surface area contributed by atoms with E-state index in [9.17, 15) is 9.59 Å². The van der Waals surface area contributed by atoms with Gasteiger partial charge in [0.25, 0.3) is 11.1 Å². The zero-order valence-corrected chi connectivity index (χ0v) is 9.55. The molecule has 0 radical (unpaired) electrons. The summed E-state index contributed by atoms with van der Waals surface area (Å²) in [7, 11) is 0. The number of nitrogens with two attached hydrogens (primary N) is 1. The highest BCUT2D eigenvalue weighted by atomic mass is 16.2. The first-order chi connectivity index (χ1) is 6.81. The van der Waals surface area contributed by atoms with Crippen LogP contribution in [-0.4, -0.2) is 16.3 Å². The van der Waals surface area contributed by atoms with E-state index in [0.29, 0.717) is 11.1 Å². The Balaban J connectivity index is 3.61. The Kier molecular flexibility index (Phi) is 2.86. The van der Waals surface area contributed by atoms with Crippen molar-refractivity contribution >= 4 is 0 Å². The van der Waals surface area contributed by atoms with Crippen LogP contribution >= 0.6 is 0 Å². The third-order valence-corrected chi connectivity index (χ3v) is 2.75. The Morgan fingerprint density at radius 3 is 2.27 bits per heavy atom. The van der Waals surface area contributed by atoms with Crippen LogP contribution in [0, 0.1) is 13.8 Å². The molecule has 0 saturated heterocycles. The number of aromatic nitrogens is 2. The minimum Gasteiger partial charge on any atom is -0.328 e. The summed E-state index contributed by atoms with van der Waals surface area (Å²) in [6, 6.07) is 0. The molecule has 15 heavy (non-hydrogen) atoms. The van der Waals surface area contributed by atoms with E-state index in [4.69, 9.17) is 5.73 Å². The summed E-state index contributed by atoms with van der Waals surface area (Å²) in [5, 5.41) is 2.54. The largest absolute Gasteiger partial charge is 0.328 e. The van der Waals surface area contributed by atoms with Crippen molar-refractivity contribution in [3.05, 3.63) is 31.8 Å². The number of aromatic amines is 1. The summed E-state index contributed by atoms with van der Waals surface area (Å²) >= 11 is 0. The van der Waals surface area contributed by atoms with Crippen molar-refractivity contribution in [2.45, 2.75) is 33.2 Å². The molecular weight excluding hydrogens is 194 g/mol. The van der Waals surface area contributed by atoms with Crippen LogP contribution in [0.1, 0.15) is 25.0 Å². The molecule has 0 aliphatic carbocycles. The molecule has 0 aromatic carbocycles. The molecule has 0 aliphatic heterocycles. The number of nitrogens with zero attached hydrogens (tertiary/aromatic N) is 1. The van der Waals surface area contributed by atoms with Crippen LogP contribution in [0.25, 0.3) is 0 Å². The fourth-order valence-corrected chi connectivity index (χ4v) is 1.25. The molecule has 0 atom stereocenters. The van der Waals surface area contributed by atoms with Gasteiger partial charge in [-0.25, -0.2) is 4.68 Å². The SMILES string of the molecule is Cc1c(C)c(=O)n(C(C)(C)CN)[nH]c1=O. The molecule has 0 aliphatic rings. The van der Waals surface area contributed by atoms with Crippen molar-refractivity contribution in [2.24, 2.45) is 5.73 Å². The highest BCUT2D eigenvalue weighted by molar-refractivity contribution is 5.18. The molecular formula is C10H17N3O2. The first-order valence-corrected chi connectivity index (χ1v) is 4.84. The van der Waals surface area contributed by atoms with E-state index >= 15 is 0 Å². The second-order valence-corrected chi connectivity index (χ2v) is 4.35. The normalized spacial score (nSPS) is 11.8. The molecule has 0 bridgehead atoms. The van der Waals surface area contributed by atoms with Crippen molar-refractivity contribution in [1.82, 2.24) is 9.78 Å². The first-order valence-electron chi connectivity index (χ1n) is 4.84. The highest BCUT2D eigenvalue weighted by Crippen LogP contribution is 2.07. The van der Waals surface area contributed by atoms with Crippen LogP contribution in [0.2, 0.25) is 0 Å². The average molecular weight is 211 g/mol. The molecule has 0 saturated carbocycles. The van der Waals surface area contributed by atoms with E-state index < -0.39 is 5.54 Å². The Morgan fingerprint density at radius 1 is 1.27 bits per heavy atom. The van der Waals surface area contributed by atoms with Gasteiger partial charge in [0.15, 0.2) is 0 Å². The fraction of sp³-hybridized carbons (Fsp3) is 0.600. The number of hydrogen-bond donors (Lipinski definition) is 2. The van der Waals surface area contributed by atoms with Gasteiger partial charge in [-0.2, -0.15) is 0 Å². The Labute approximate surface area is 87.9 Å². The third kappa shape index (κ3) is 1.87. The fourth-order valence-electron chi connectivity index (χ4n) is 1.25. The lowest BCUT2D eigenvalue weighted by atomic mass is 10.1. The number of H-pyrrole nitrogens is 1. The molecule has 5 heteroatoms. The molecule has 0 fully saturated rings. The zero-order chi connectivity index (χ0) is 11.8. The molecule has 0 unspecified atom stereocenters. The highest BCUT2D eigenvalue weighted by Gasteiger charge is 2.21. The average Bonchev–Trinajstić information content (AvgIpc) is 2.20. The lowest BCUT2D eigenvalue weighted by Gasteiger charge is -2.25. The van der Waals surface area contributed by atoms with Gasteiger partial charge < -0.3 is 5.73 Å². The van der Waals surface area contributed by atoms with Crippen LogP contribution in [0.5, 0.6) is 0 Å². The minimum absolute atomic E-state index is 0.192. The standard InChI is InChI=1S/C10H17N3O2/c1-6-7(2)9(15)13(12-8(6)14)10(3,4)5-11/h5,11H2,1-4H3,(H,12,14). The molecule has 0 spiro atoms. The van der Waals surface area contributed by atoms with Gasteiger partial charge in [-0.3, -0.25) is 14.7 Å². The lowest BCUT2D eigenvalue weighted by Crippen LogP contribution is -2.47. The van der Waals surface area contributed by atoms with Gasteiger partial charge in [0.2, 0.25) is 0 Å². The Morgan fingerprint density at radius 2 is 1.80 bits per heavy atom. The smallest absolute Gasteiger partial charge is 0.268 e. The van der Waals surface area contributed by atoms with E-state index in [1.54, 1.807) is 27.7 Å². The Hall–Kier alpha value is -1.36. The van der Waals surface area contributed by atoms with Gasteiger partial charge >= 0.3 is 0 Å². The van der Waals surface area contributed by atoms with E-state index in [2.05, 4.69) is 5.10 Å². The quantitative estimate of drug-likeness (QED) is 0.713. The maximum atomic E-state index is 11.9. The van der Waals surface area contributed by atoms with Crippen LogP contribution in [0.15, 0.2) is 9.59 Å². The van der Waals surface area contributed by atoms with Crippen molar-refractivity contribution < 1.29 is 0 Å². The summed E-state index contributed by atoms with van der Waals surface area (Å²) < 4.78 is 1.30. The molecule has 3 N–H and O–H groups in total. The summed E-state index contributed by atoms with van der Waals surface area (Å²) in [5.41, 5.74) is 5.49. The van der Waals surface area contributed by atoms with E-state index in [1.807, 2.05) is 0 Å². The van der Waals surface area contributed by atoms with Gasteiger partial charge in [0, 0.05) is 17.7 Å². The van der Waals surface area contributed by atoms with Crippen LogP contribution < -0.4 is 16.9 Å². The van der Waals surface area contributed by atoms with E-state index in [1.165, 1.54) is 4.68 Å². The summed E-state index contributed by atoms with van der Waals surface area (Å²) in [6.07, 6.45) is 0. The van der Waals surface area contributed by atoms with Crippen LogP contribution in [-0.2, 0) is 5.54 Å². The molecule has 84 valence electrons. The topological polar surface area (TPSA) is 80.9 Å². The Bertz CT molecular complexity index is 482. The van der Waals surface area contributed by atoms with Crippen molar-refractivity contribution in [2.75, 3.05) is 6.54 Å². The van der Waals surface area contributed by atoms with Gasteiger partial charge in [-0.15, -0.1) is 0 Å². The van der Waals surface area contributed by atoms with Crippen molar-refractivity contribution in [3.63, 3.8) is 0 Å². The first kappa shape index (κ1) is 11.7. The predicted octanol–water partition coefficient (Wildman–Crippen LogP) is -0.153. The maximum absolute atomic E-state index is 11.9. The summed E-state index contributed by atoms with van der Waals surface area (Å²) in [4.78, 5) is 23.4. The van der Waals surface area contributed by atoms with Gasteiger partial charge in [-0.05, 0) is 27.7 Å². The molecule has 5 nitrogen and oxygen atoms in total. The zero-order valence-electron chi connectivity index (χ0n) is 9.55. The monoisotopic (exact) mass is 211 g/mol. The second kappa shape index (κ2) is 3.66. The molecule has 1 rings (SSSR count). The number of nitrogens with one attached hydrogen (secondary N) is 1. The number of rotatable bonds is 2. The maximum Gasteiger partial charge on any atom is 0.268 e. The third-order valence-electron chi connectivity index (χ3n) is 2.75. The predicted molar refractivity (Wildman–Crippen MR) is 59.2 cm³/mol. The van der Waals surface area contributed by atoms with Crippen molar-refractivity contribution in [3.8, 4) is 0 Å². The number of hydrogen-bond acceptors (Lipinski definition) is 3. The van der Waals surface area contributed by atoms with Crippen LogP contribution in [0.3, 0.4) is 0 Å². The molecule has 0 amide bonds. The lowest BCUT2D eigenvalue weighted by molar-refractivity contribution is 0.309. The van der Waals surface area contributed by atoms with Crippen LogP contribution in [0.4, 0.5) is 0 Å². The van der Waals surface area contributed by atoms with Crippen molar-refractivity contribution in [1.29, 1.82) is 0 Å². The molecule has 1 aromatic heterocycles. The molecule has 1 aromatic rings. The summed E-state index contributed by atoms with van der Waals surface area (Å²) in [6.45, 7) is 7.18. The summed E-state index contributed by atoms with van der Waals surface area (Å²) in [5.74, 6) is 0. The molecule has 1 heterocycles. The minimum atomic E-state index is -0.575.